The van der Waals surface area contributed by atoms with Crippen LogP contribution in [-0.2, 0) is 30.7 Å². The van der Waals surface area contributed by atoms with Crippen molar-refractivity contribution in [2.75, 3.05) is 13.2 Å². The summed E-state index contributed by atoms with van der Waals surface area (Å²) in [4.78, 5) is 18.7. The molecule has 2 fully saturated rings. The van der Waals surface area contributed by atoms with Gasteiger partial charge in [-0.05, 0) is 68.0 Å². The van der Waals surface area contributed by atoms with Crippen molar-refractivity contribution in [2.45, 2.75) is 70.1 Å². The lowest BCUT2D eigenvalue weighted by molar-refractivity contribution is 0.0607. The Kier molecular flexibility index (Phi) is 5.70. The fraction of sp³-hybridized carbons (Fsp3) is 0.636. The van der Waals surface area contributed by atoms with E-state index in [0.29, 0.717) is 17.5 Å². The van der Waals surface area contributed by atoms with E-state index in [1.54, 1.807) is 0 Å². The van der Waals surface area contributed by atoms with Crippen LogP contribution in [0.1, 0.15) is 59.4 Å². The lowest BCUT2D eigenvalue weighted by Gasteiger charge is -2.34. The molecule has 31 heavy (non-hydrogen) atoms. The molecule has 164 valence electrons. The molecule has 0 spiro atoms. The highest BCUT2D eigenvalue weighted by Crippen LogP contribution is 2.35. The van der Waals surface area contributed by atoms with Crippen molar-refractivity contribution in [3.63, 3.8) is 0 Å². The summed E-state index contributed by atoms with van der Waals surface area (Å²) < 4.78 is 7.61. The Bertz CT molecular complexity index is 980. The van der Waals surface area contributed by atoms with Crippen LogP contribution in [0.2, 0.25) is 0 Å². The van der Waals surface area contributed by atoms with Crippen molar-refractivity contribution in [1.82, 2.24) is 19.7 Å². The number of aryl methyl sites for hydroxylation is 1. The van der Waals surface area contributed by atoms with Gasteiger partial charge in [-0.15, -0.1) is 0 Å². The molecule has 1 saturated carbocycles. The Balaban J connectivity index is 1.38. The fourth-order valence-corrected chi connectivity index (χ4v) is 5.05. The molecule has 2 aromatic heterocycles. The van der Waals surface area contributed by atoms with Gasteiger partial charge in [-0.3, -0.25) is 9.89 Å². The number of H-pyrrole nitrogens is 1. The summed E-state index contributed by atoms with van der Waals surface area (Å²) in [6, 6.07) is 2.48. The van der Waals surface area contributed by atoms with E-state index in [2.05, 4.69) is 29.7 Å². The molecule has 2 aliphatic carbocycles. The van der Waals surface area contributed by atoms with Crippen molar-refractivity contribution >= 4 is 5.91 Å². The summed E-state index contributed by atoms with van der Waals surface area (Å²) in [6.45, 7) is 2.67. The van der Waals surface area contributed by atoms with Gasteiger partial charge in [0.25, 0.3) is 5.91 Å². The number of aromatic amines is 1. The number of hydrogen-bond donors (Lipinski definition) is 1. The van der Waals surface area contributed by atoms with Crippen LogP contribution in [0.25, 0.3) is 10.4 Å². The lowest BCUT2D eigenvalue weighted by atomic mass is 9.92. The van der Waals surface area contributed by atoms with Crippen molar-refractivity contribution in [2.24, 2.45) is 11.0 Å². The van der Waals surface area contributed by atoms with Crippen LogP contribution in [0, 0.1) is 5.92 Å². The number of nitrogens with one attached hydrogen (secondary N) is 1. The smallest absolute Gasteiger partial charge is 0.255 e. The number of carbonyl (C=O) groups excluding carboxylic acids is 1. The Morgan fingerprint density at radius 1 is 1.29 bits per heavy atom. The fourth-order valence-electron chi connectivity index (χ4n) is 5.05. The second-order valence-corrected chi connectivity index (χ2v) is 9.01. The molecular weight excluding hydrogens is 394 g/mol. The van der Waals surface area contributed by atoms with E-state index in [0.717, 1.165) is 76.1 Å². The molecule has 1 N–H and O–H groups in total. The first kappa shape index (κ1) is 20.2. The third-order valence-corrected chi connectivity index (χ3v) is 6.87. The zero-order chi connectivity index (χ0) is 21.2. The first-order valence-electron chi connectivity index (χ1n) is 11.3. The van der Waals surface area contributed by atoms with Crippen LogP contribution in [-0.4, -0.2) is 50.9 Å². The third-order valence-electron chi connectivity index (χ3n) is 6.87. The van der Waals surface area contributed by atoms with Gasteiger partial charge in [0.1, 0.15) is 0 Å². The summed E-state index contributed by atoms with van der Waals surface area (Å²) in [7, 11) is 0. The minimum Gasteiger partial charge on any atom is -0.381 e. The largest absolute Gasteiger partial charge is 0.381 e. The van der Waals surface area contributed by atoms with Crippen LogP contribution < -0.4 is 0 Å². The molecule has 9 heteroatoms. The van der Waals surface area contributed by atoms with Gasteiger partial charge < -0.3 is 14.2 Å². The molecule has 1 amide bonds. The topological polar surface area (TPSA) is 112 Å². The first-order valence-corrected chi connectivity index (χ1v) is 11.3. The van der Waals surface area contributed by atoms with Gasteiger partial charge in [0.15, 0.2) is 0 Å². The van der Waals surface area contributed by atoms with Crippen LogP contribution in [0.5, 0.6) is 0 Å². The summed E-state index contributed by atoms with van der Waals surface area (Å²) in [6.07, 6.45) is 10.9. The quantitative estimate of drug-likeness (QED) is 0.417. The minimum absolute atomic E-state index is 0.104. The number of aromatic nitrogens is 3. The second-order valence-electron chi connectivity index (χ2n) is 9.01. The van der Waals surface area contributed by atoms with Crippen LogP contribution in [0.15, 0.2) is 23.6 Å². The summed E-state index contributed by atoms with van der Waals surface area (Å²) in [5.41, 5.74) is 12.8. The van der Waals surface area contributed by atoms with Crippen LogP contribution in [0.4, 0.5) is 0 Å². The predicted molar refractivity (Wildman–Crippen MR) is 114 cm³/mol. The van der Waals surface area contributed by atoms with E-state index < -0.39 is 0 Å². The molecule has 2 aromatic rings. The van der Waals surface area contributed by atoms with Gasteiger partial charge in [-0.1, -0.05) is 5.11 Å². The highest BCUT2D eigenvalue weighted by molar-refractivity contribution is 5.95. The van der Waals surface area contributed by atoms with Gasteiger partial charge in [-0.25, -0.2) is 0 Å². The molecule has 0 aromatic carbocycles. The predicted octanol–water partition coefficient (Wildman–Crippen LogP) is 3.61. The van der Waals surface area contributed by atoms with Crippen LogP contribution in [0.3, 0.4) is 0 Å². The van der Waals surface area contributed by atoms with E-state index in [1.807, 2.05) is 18.5 Å². The highest BCUT2D eigenvalue weighted by atomic mass is 16.5. The zero-order valence-electron chi connectivity index (χ0n) is 17.7. The van der Waals surface area contributed by atoms with Gasteiger partial charge >= 0.3 is 0 Å². The zero-order valence-corrected chi connectivity index (χ0v) is 17.7. The number of nitrogens with zero attached hydrogens (tertiary/aromatic N) is 6. The molecule has 1 aliphatic heterocycles. The molecule has 3 aliphatic rings. The average Bonchev–Trinajstić information content (AvgIpc) is 3.36. The van der Waals surface area contributed by atoms with Gasteiger partial charge in [0.05, 0.1) is 17.8 Å². The highest BCUT2D eigenvalue weighted by Gasteiger charge is 2.39. The Labute approximate surface area is 181 Å². The normalized spacial score (nSPS) is 21.4. The molecule has 9 nitrogen and oxygen atoms in total. The molecule has 0 bridgehead atoms. The van der Waals surface area contributed by atoms with E-state index >= 15 is 0 Å². The molecule has 3 heterocycles. The second kappa shape index (κ2) is 8.77. The first-order chi connectivity index (χ1) is 15.2. The van der Waals surface area contributed by atoms with Crippen molar-refractivity contribution in [3.05, 3.63) is 51.4 Å². The maximum Gasteiger partial charge on any atom is 0.255 e. The maximum absolute atomic E-state index is 13.7. The van der Waals surface area contributed by atoms with E-state index in [1.165, 1.54) is 5.56 Å². The van der Waals surface area contributed by atoms with Crippen molar-refractivity contribution < 1.29 is 9.53 Å². The number of hydrogen-bond acceptors (Lipinski definition) is 4. The van der Waals surface area contributed by atoms with Gasteiger partial charge in [-0.2, -0.15) is 5.10 Å². The molecule has 1 atom stereocenters. The Morgan fingerprint density at radius 2 is 2.13 bits per heavy atom. The number of azide groups is 1. The Morgan fingerprint density at radius 3 is 2.90 bits per heavy atom. The molecule has 1 saturated heterocycles. The number of ether oxygens (including phenoxy) is 1. The molecule has 5 rings (SSSR count). The summed E-state index contributed by atoms with van der Waals surface area (Å²) >= 11 is 0. The summed E-state index contributed by atoms with van der Waals surface area (Å²) in [5, 5.41) is 11.1. The SMILES string of the molecule is [N-]=[N+]=NCc1cc(C(=O)N(C2CC2)C2CCc3n[nH]cc3C2)cn1CC1CCOCC1. The third kappa shape index (κ3) is 4.34. The van der Waals surface area contributed by atoms with Crippen LogP contribution >= 0.6 is 0 Å². The Hall–Kier alpha value is -2.77. The van der Waals surface area contributed by atoms with Gasteiger partial charge in [0.2, 0.25) is 0 Å². The van der Waals surface area contributed by atoms with Gasteiger partial charge in [0, 0.05) is 54.8 Å². The minimum atomic E-state index is 0.104. The van der Waals surface area contributed by atoms with E-state index in [-0.39, 0.29) is 18.5 Å². The molecule has 1 unspecified atom stereocenters. The monoisotopic (exact) mass is 423 g/mol. The van der Waals surface area contributed by atoms with E-state index in [4.69, 9.17) is 10.3 Å². The molecular formula is C22H29N7O2. The average molecular weight is 424 g/mol. The standard InChI is InChI=1S/C22H29N7O2/c23-27-25-12-20-10-17(14-28(20)13-15-5-7-31-8-6-15)22(30)29(18-1-2-18)19-3-4-21-16(9-19)11-24-26-21/h10-11,14-15,18-19H,1-9,12-13H2,(H,24,26). The van der Waals surface area contributed by atoms with E-state index in [9.17, 15) is 4.79 Å². The van der Waals surface area contributed by atoms with Crippen molar-refractivity contribution in [3.8, 4) is 0 Å². The number of rotatable bonds is 7. The maximum atomic E-state index is 13.7. The number of carbonyl (C=O) groups is 1. The van der Waals surface area contributed by atoms with Crippen molar-refractivity contribution in [1.29, 1.82) is 0 Å². The number of fused-ring (bicyclic) bond motifs is 1. The summed E-state index contributed by atoms with van der Waals surface area (Å²) in [5.74, 6) is 0.624. The molecule has 0 radical (unpaired) electrons. The lowest BCUT2D eigenvalue weighted by Crippen LogP contribution is -2.44. The number of amides is 1.